The molecule has 1 N–H and O–H groups in total. The molecule has 0 bridgehead atoms. The lowest BCUT2D eigenvalue weighted by molar-refractivity contribution is -0.386. The summed E-state index contributed by atoms with van der Waals surface area (Å²) in [5.41, 5.74) is 2.47. The van der Waals surface area contributed by atoms with Gasteiger partial charge in [0.1, 0.15) is 6.20 Å². The highest BCUT2D eigenvalue weighted by molar-refractivity contribution is 7.09. The van der Waals surface area contributed by atoms with E-state index in [1.54, 1.807) is 12.6 Å². The highest BCUT2D eigenvalue weighted by Crippen LogP contribution is 2.24. The third-order valence-corrected chi connectivity index (χ3v) is 3.56. The number of rotatable bonds is 6. The van der Waals surface area contributed by atoms with Crippen LogP contribution >= 0.6 is 11.3 Å². The normalized spacial score (nSPS) is 10.3. The molecule has 0 aliphatic heterocycles. The van der Waals surface area contributed by atoms with Crippen LogP contribution in [-0.2, 0) is 6.42 Å². The van der Waals surface area contributed by atoms with Crippen molar-refractivity contribution in [1.82, 2.24) is 15.0 Å². The van der Waals surface area contributed by atoms with Crippen molar-refractivity contribution in [2.45, 2.75) is 13.3 Å². The SMILES string of the molecule is CNc1ncc([N+](=O)[O-])c(OCCc2scnc2C)n1. The summed E-state index contributed by atoms with van der Waals surface area (Å²) in [7, 11) is 1.63. The van der Waals surface area contributed by atoms with Gasteiger partial charge in [0, 0.05) is 18.3 Å². The van der Waals surface area contributed by atoms with Crippen LogP contribution in [0.2, 0.25) is 0 Å². The van der Waals surface area contributed by atoms with Gasteiger partial charge in [-0.25, -0.2) is 9.97 Å². The molecule has 0 aromatic carbocycles. The Balaban J connectivity index is 2.07. The van der Waals surface area contributed by atoms with Crippen molar-refractivity contribution in [1.29, 1.82) is 0 Å². The molecule has 0 unspecified atom stereocenters. The summed E-state index contributed by atoms with van der Waals surface area (Å²) in [6.07, 6.45) is 1.76. The highest BCUT2D eigenvalue weighted by Gasteiger charge is 2.18. The molecule has 0 atom stereocenters. The standard InChI is InChI=1S/C11H13N5O3S/c1-7-9(20-6-14-7)3-4-19-10-8(16(17)18)5-13-11(12-2)15-10/h5-6H,3-4H2,1-2H3,(H,12,13,15). The van der Waals surface area contributed by atoms with Crippen molar-refractivity contribution in [3.8, 4) is 5.88 Å². The average Bonchev–Trinajstić information content (AvgIpc) is 2.84. The van der Waals surface area contributed by atoms with Crippen LogP contribution in [0.15, 0.2) is 11.7 Å². The van der Waals surface area contributed by atoms with Crippen LogP contribution in [0, 0.1) is 17.0 Å². The molecule has 9 heteroatoms. The lowest BCUT2D eigenvalue weighted by Crippen LogP contribution is -2.07. The minimum Gasteiger partial charge on any atom is -0.472 e. The maximum Gasteiger partial charge on any atom is 0.349 e. The number of aromatic nitrogens is 3. The summed E-state index contributed by atoms with van der Waals surface area (Å²) >= 11 is 1.53. The first-order valence-corrected chi connectivity index (χ1v) is 6.70. The van der Waals surface area contributed by atoms with Gasteiger partial charge in [-0.2, -0.15) is 4.98 Å². The molecule has 0 saturated carbocycles. The molecular weight excluding hydrogens is 282 g/mol. The minimum absolute atomic E-state index is 0.0310. The van der Waals surface area contributed by atoms with E-state index in [1.807, 2.05) is 6.92 Å². The van der Waals surface area contributed by atoms with Crippen LogP contribution < -0.4 is 10.1 Å². The lowest BCUT2D eigenvalue weighted by atomic mass is 10.3. The van der Waals surface area contributed by atoms with Crippen molar-refractivity contribution in [3.63, 3.8) is 0 Å². The van der Waals surface area contributed by atoms with Crippen LogP contribution in [-0.4, -0.2) is 33.5 Å². The van der Waals surface area contributed by atoms with Crippen molar-refractivity contribution < 1.29 is 9.66 Å². The second-order valence-corrected chi connectivity index (χ2v) is 4.79. The van der Waals surface area contributed by atoms with Gasteiger partial charge in [-0.1, -0.05) is 0 Å². The van der Waals surface area contributed by atoms with Gasteiger partial charge in [0.2, 0.25) is 5.95 Å². The topological polar surface area (TPSA) is 103 Å². The molecule has 0 spiro atoms. The maximum atomic E-state index is 10.9. The maximum absolute atomic E-state index is 10.9. The molecular formula is C11H13N5O3S. The number of thiazole rings is 1. The van der Waals surface area contributed by atoms with Gasteiger partial charge in [-0.15, -0.1) is 11.3 Å². The van der Waals surface area contributed by atoms with Gasteiger partial charge >= 0.3 is 5.69 Å². The van der Waals surface area contributed by atoms with Gasteiger partial charge < -0.3 is 10.1 Å². The van der Waals surface area contributed by atoms with Crippen molar-refractivity contribution in [3.05, 3.63) is 32.4 Å². The zero-order valence-corrected chi connectivity index (χ0v) is 11.8. The molecule has 2 aromatic heterocycles. The molecule has 2 rings (SSSR count). The monoisotopic (exact) mass is 295 g/mol. The van der Waals surface area contributed by atoms with Gasteiger partial charge in [0.25, 0.3) is 5.88 Å². The molecule has 0 aliphatic carbocycles. The highest BCUT2D eigenvalue weighted by atomic mass is 32.1. The molecule has 0 aliphatic rings. The predicted octanol–water partition coefficient (Wildman–Crippen LogP) is 1.81. The Bertz CT molecular complexity index is 616. The first kappa shape index (κ1) is 14.1. The fourth-order valence-corrected chi connectivity index (χ4v) is 2.28. The quantitative estimate of drug-likeness (QED) is 0.640. The Morgan fingerprint density at radius 2 is 2.30 bits per heavy atom. The van der Waals surface area contributed by atoms with E-state index in [2.05, 4.69) is 20.3 Å². The fraction of sp³-hybridized carbons (Fsp3) is 0.364. The Labute approximate surface area is 119 Å². The number of nitrogens with one attached hydrogen (secondary N) is 1. The second-order valence-electron chi connectivity index (χ2n) is 3.85. The number of nitrogens with zero attached hydrogens (tertiary/aromatic N) is 4. The van der Waals surface area contributed by atoms with Gasteiger partial charge in [-0.05, 0) is 6.92 Å². The van der Waals surface area contributed by atoms with Gasteiger partial charge in [0.05, 0.1) is 22.7 Å². The summed E-state index contributed by atoms with van der Waals surface area (Å²) in [5, 5.41) is 13.6. The van der Waals surface area contributed by atoms with Crippen molar-refractivity contribution in [2.75, 3.05) is 19.0 Å². The molecule has 20 heavy (non-hydrogen) atoms. The lowest BCUT2D eigenvalue weighted by Gasteiger charge is -2.06. The van der Waals surface area contributed by atoms with E-state index in [1.165, 1.54) is 11.3 Å². The minimum atomic E-state index is -0.563. The Kier molecular flexibility index (Phi) is 4.41. The average molecular weight is 295 g/mol. The fourth-order valence-electron chi connectivity index (χ4n) is 1.52. The molecule has 0 amide bonds. The Morgan fingerprint density at radius 3 is 2.90 bits per heavy atom. The van der Waals surface area contributed by atoms with E-state index in [9.17, 15) is 10.1 Å². The van der Waals surface area contributed by atoms with Gasteiger partial charge in [0.15, 0.2) is 0 Å². The molecule has 0 fully saturated rings. The van der Waals surface area contributed by atoms with Crippen molar-refractivity contribution in [2.24, 2.45) is 0 Å². The number of hydrogen-bond donors (Lipinski definition) is 1. The molecule has 8 nitrogen and oxygen atoms in total. The number of ether oxygens (including phenoxy) is 1. The van der Waals surface area contributed by atoms with Gasteiger partial charge in [-0.3, -0.25) is 10.1 Å². The molecule has 2 heterocycles. The predicted molar refractivity (Wildman–Crippen MR) is 74.3 cm³/mol. The third kappa shape index (κ3) is 3.18. The molecule has 0 saturated heterocycles. The van der Waals surface area contributed by atoms with E-state index in [-0.39, 0.29) is 17.5 Å². The van der Waals surface area contributed by atoms with Crippen LogP contribution in [0.3, 0.4) is 0 Å². The summed E-state index contributed by atoms with van der Waals surface area (Å²) in [4.78, 5) is 23.3. The number of hydrogen-bond acceptors (Lipinski definition) is 8. The molecule has 0 radical (unpaired) electrons. The number of anilines is 1. The van der Waals surface area contributed by atoms with E-state index in [0.717, 1.165) is 16.8 Å². The largest absolute Gasteiger partial charge is 0.472 e. The van der Waals surface area contributed by atoms with Crippen molar-refractivity contribution >= 4 is 23.0 Å². The smallest absolute Gasteiger partial charge is 0.349 e. The first-order valence-electron chi connectivity index (χ1n) is 5.82. The zero-order chi connectivity index (χ0) is 14.5. The summed E-state index contributed by atoms with van der Waals surface area (Å²) in [6.45, 7) is 2.21. The third-order valence-electron chi connectivity index (χ3n) is 2.57. The number of nitro groups is 1. The van der Waals surface area contributed by atoms with Crippen LogP contribution in [0.25, 0.3) is 0 Å². The first-order chi connectivity index (χ1) is 9.61. The summed E-state index contributed by atoms with van der Waals surface area (Å²) < 4.78 is 5.42. The Hall–Kier alpha value is -2.29. The van der Waals surface area contributed by atoms with E-state index < -0.39 is 4.92 Å². The number of aryl methyl sites for hydroxylation is 1. The van der Waals surface area contributed by atoms with Crippen LogP contribution in [0.1, 0.15) is 10.6 Å². The van der Waals surface area contributed by atoms with E-state index in [4.69, 9.17) is 4.74 Å². The van der Waals surface area contributed by atoms with Crippen LogP contribution in [0.4, 0.5) is 11.6 Å². The second kappa shape index (κ2) is 6.24. The van der Waals surface area contributed by atoms with Crippen LogP contribution in [0.5, 0.6) is 5.88 Å². The molecule has 106 valence electrons. The Morgan fingerprint density at radius 1 is 1.50 bits per heavy atom. The zero-order valence-electron chi connectivity index (χ0n) is 11.0. The summed E-state index contributed by atoms with van der Waals surface area (Å²) in [6, 6.07) is 0. The van der Waals surface area contributed by atoms with E-state index >= 15 is 0 Å². The van der Waals surface area contributed by atoms with E-state index in [0.29, 0.717) is 13.0 Å². The molecule has 2 aromatic rings. The summed E-state index contributed by atoms with van der Waals surface area (Å²) in [5.74, 6) is 0.246.